The molecule has 6 heteroatoms. The highest BCUT2D eigenvalue weighted by atomic mass is 16.5. The van der Waals surface area contributed by atoms with Gasteiger partial charge < -0.3 is 25.7 Å². The highest BCUT2D eigenvalue weighted by Gasteiger charge is 1.92. The first-order chi connectivity index (χ1) is 5.63. The Morgan fingerprint density at radius 2 is 2.08 bits per heavy atom. The molecular weight excluding hydrogens is 164 g/mol. The van der Waals surface area contributed by atoms with Crippen molar-refractivity contribution < 1.29 is 19.4 Å². The molecular formula is C6H11N2O4-. The molecule has 0 bridgehead atoms. The third-order valence-corrected chi connectivity index (χ3v) is 1.08. The molecule has 0 aromatic carbocycles. The molecule has 0 unspecified atom stereocenters. The average molecular weight is 175 g/mol. The maximum absolute atomic E-state index is 10.0. The SMILES string of the molecule is NC(=O)OCCCCNC(=O)[O-]. The smallest absolute Gasteiger partial charge is 0.404 e. The number of rotatable bonds is 5. The Morgan fingerprint density at radius 1 is 1.42 bits per heavy atom. The van der Waals surface area contributed by atoms with E-state index in [-0.39, 0.29) is 6.61 Å². The van der Waals surface area contributed by atoms with Gasteiger partial charge >= 0.3 is 6.09 Å². The predicted molar refractivity (Wildman–Crippen MR) is 38.2 cm³/mol. The summed E-state index contributed by atoms with van der Waals surface area (Å²) in [5.74, 6) is 0. The second-order valence-electron chi connectivity index (χ2n) is 2.09. The van der Waals surface area contributed by atoms with E-state index in [9.17, 15) is 14.7 Å². The Morgan fingerprint density at radius 3 is 2.58 bits per heavy atom. The first kappa shape index (κ1) is 10.5. The maximum Gasteiger partial charge on any atom is 0.404 e. The Bertz CT molecular complexity index is 142. The molecule has 12 heavy (non-hydrogen) atoms. The minimum Gasteiger partial charge on any atom is -0.530 e. The molecule has 0 fully saturated rings. The van der Waals surface area contributed by atoms with Crippen LogP contribution >= 0.6 is 0 Å². The summed E-state index contributed by atoms with van der Waals surface area (Å²) < 4.78 is 4.40. The molecule has 0 rings (SSSR count). The Labute approximate surface area is 69.7 Å². The number of nitrogens with two attached hydrogens (primary N) is 1. The number of hydrogen-bond donors (Lipinski definition) is 2. The van der Waals surface area contributed by atoms with Crippen molar-refractivity contribution in [1.29, 1.82) is 0 Å². The average Bonchev–Trinajstić information content (AvgIpc) is 1.95. The van der Waals surface area contributed by atoms with Gasteiger partial charge in [-0.05, 0) is 12.8 Å². The van der Waals surface area contributed by atoms with E-state index in [1.54, 1.807) is 0 Å². The molecule has 0 aromatic rings. The fourth-order valence-corrected chi connectivity index (χ4v) is 0.590. The highest BCUT2D eigenvalue weighted by Crippen LogP contribution is 1.87. The molecule has 0 aromatic heterocycles. The van der Waals surface area contributed by atoms with E-state index in [0.29, 0.717) is 19.4 Å². The van der Waals surface area contributed by atoms with E-state index >= 15 is 0 Å². The first-order valence-corrected chi connectivity index (χ1v) is 3.50. The van der Waals surface area contributed by atoms with Crippen molar-refractivity contribution in [3.63, 3.8) is 0 Å². The van der Waals surface area contributed by atoms with Crippen LogP contribution in [0.3, 0.4) is 0 Å². The first-order valence-electron chi connectivity index (χ1n) is 3.50. The zero-order valence-electron chi connectivity index (χ0n) is 6.54. The number of hydrogen-bond acceptors (Lipinski definition) is 4. The third kappa shape index (κ3) is 8.54. The summed E-state index contributed by atoms with van der Waals surface area (Å²) >= 11 is 0. The second-order valence-corrected chi connectivity index (χ2v) is 2.09. The van der Waals surface area contributed by atoms with Crippen LogP contribution < -0.4 is 16.2 Å². The number of ether oxygens (including phenoxy) is 1. The lowest BCUT2D eigenvalue weighted by Gasteiger charge is -2.05. The second kappa shape index (κ2) is 6.26. The lowest BCUT2D eigenvalue weighted by Crippen LogP contribution is -2.37. The van der Waals surface area contributed by atoms with E-state index in [4.69, 9.17) is 0 Å². The van der Waals surface area contributed by atoms with Gasteiger partial charge in [-0.1, -0.05) is 0 Å². The minimum absolute atomic E-state index is 0.212. The van der Waals surface area contributed by atoms with Gasteiger partial charge in [0.05, 0.1) is 6.61 Å². The highest BCUT2D eigenvalue weighted by molar-refractivity contribution is 5.64. The summed E-state index contributed by atoms with van der Waals surface area (Å²) in [6, 6.07) is 0. The lowest BCUT2D eigenvalue weighted by molar-refractivity contribution is -0.250. The molecule has 2 amide bonds. The molecule has 70 valence electrons. The standard InChI is InChI=1S/C6H12N2O4/c7-5(9)12-4-2-1-3-8-6(10)11/h8H,1-4H2,(H2,7,9)(H,10,11)/p-1. The van der Waals surface area contributed by atoms with Gasteiger partial charge in [0, 0.05) is 6.54 Å². The molecule has 0 saturated heterocycles. The summed E-state index contributed by atoms with van der Waals surface area (Å²) in [5.41, 5.74) is 4.67. The molecule has 3 N–H and O–H groups in total. The fourth-order valence-electron chi connectivity index (χ4n) is 0.590. The number of unbranched alkanes of at least 4 members (excludes halogenated alkanes) is 1. The summed E-state index contributed by atoms with van der Waals surface area (Å²) in [6.45, 7) is 0.508. The van der Waals surface area contributed by atoms with E-state index in [0.717, 1.165) is 0 Å². The number of carbonyl (C=O) groups excluding carboxylic acids is 2. The van der Waals surface area contributed by atoms with Crippen LogP contribution in [0.15, 0.2) is 0 Å². The van der Waals surface area contributed by atoms with Gasteiger partial charge in [0.25, 0.3) is 0 Å². The molecule has 0 aliphatic heterocycles. The van der Waals surface area contributed by atoms with Crippen molar-refractivity contribution in [3.8, 4) is 0 Å². The third-order valence-electron chi connectivity index (χ3n) is 1.08. The Hall–Kier alpha value is -1.46. The monoisotopic (exact) mass is 175 g/mol. The maximum atomic E-state index is 10.0. The van der Waals surface area contributed by atoms with Crippen LogP contribution in [-0.4, -0.2) is 25.3 Å². The molecule has 0 spiro atoms. The molecule has 6 nitrogen and oxygen atoms in total. The van der Waals surface area contributed by atoms with Crippen LogP contribution in [0.25, 0.3) is 0 Å². The van der Waals surface area contributed by atoms with E-state index < -0.39 is 12.2 Å². The molecule has 0 atom stereocenters. The van der Waals surface area contributed by atoms with E-state index in [1.165, 1.54) is 0 Å². The Kier molecular flexibility index (Phi) is 5.50. The largest absolute Gasteiger partial charge is 0.530 e. The molecule has 0 aliphatic carbocycles. The number of amides is 2. The van der Waals surface area contributed by atoms with Crippen molar-refractivity contribution in [3.05, 3.63) is 0 Å². The zero-order valence-corrected chi connectivity index (χ0v) is 6.54. The van der Waals surface area contributed by atoms with Crippen molar-refractivity contribution in [2.45, 2.75) is 12.8 Å². The number of primary amides is 1. The molecule has 0 saturated carbocycles. The zero-order chi connectivity index (χ0) is 9.40. The predicted octanol–water partition coefficient (Wildman–Crippen LogP) is -1.21. The molecule has 0 radical (unpaired) electrons. The van der Waals surface area contributed by atoms with Crippen LogP contribution in [0.4, 0.5) is 9.59 Å². The van der Waals surface area contributed by atoms with Gasteiger partial charge in [0.15, 0.2) is 0 Å². The number of carboxylic acid groups (broad SMARTS) is 1. The van der Waals surface area contributed by atoms with Crippen LogP contribution in [0.2, 0.25) is 0 Å². The minimum atomic E-state index is -1.30. The van der Waals surface area contributed by atoms with Crippen molar-refractivity contribution in [2.24, 2.45) is 5.73 Å². The summed E-state index contributed by atoms with van der Waals surface area (Å²) in [6.07, 6.45) is -0.960. The van der Waals surface area contributed by atoms with E-state index in [2.05, 4.69) is 15.8 Å². The van der Waals surface area contributed by atoms with Gasteiger partial charge in [0.1, 0.15) is 6.09 Å². The van der Waals surface area contributed by atoms with Gasteiger partial charge in [-0.3, -0.25) is 0 Å². The lowest BCUT2D eigenvalue weighted by atomic mass is 10.3. The van der Waals surface area contributed by atoms with Crippen molar-refractivity contribution in [1.82, 2.24) is 5.32 Å². The van der Waals surface area contributed by atoms with Crippen LogP contribution in [0.5, 0.6) is 0 Å². The summed E-state index contributed by atoms with van der Waals surface area (Å²) in [7, 11) is 0. The summed E-state index contributed by atoms with van der Waals surface area (Å²) in [5, 5.41) is 11.9. The fraction of sp³-hybridized carbons (Fsp3) is 0.667. The van der Waals surface area contributed by atoms with Gasteiger partial charge in [-0.25, -0.2) is 4.79 Å². The van der Waals surface area contributed by atoms with Gasteiger partial charge in [-0.15, -0.1) is 0 Å². The van der Waals surface area contributed by atoms with Crippen LogP contribution in [-0.2, 0) is 4.74 Å². The topological polar surface area (TPSA) is 104 Å². The number of nitrogens with one attached hydrogen (secondary N) is 1. The molecule has 0 heterocycles. The van der Waals surface area contributed by atoms with E-state index in [1.807, 2.05) is 0 Å². The normalized spacial score (nSPS) is 9.00. The quantitative estimate of drug-likeness (QED) is 0.511. The summed E-state index contributed by atoms with van der Waals surface area (Å²) in [4.78, 5) is 19.8. The van der Waals surface area contributed by atoms with Crippen molar-refractivity contribution in [2.75, 3.05) is 13.2 Å². The van der Waals surface area contributed by atoms with Crippen LogP contribution in [0, 0.1) is 0 Å². The van der Waals surface area contributed by atoms with Gasteiger partial charge in [-0.2, -0.15) is 0 Å². The van der Waals surface area contributed by atoms with Gasteiger partial charge in [0.2, 0.25) is 0 Å². The molecule has 0 aliphatic rings. The van der Waals surface area contributed by atoms with Crippen LogP contribution in [0.1, 0.15) is 12.8 Å². The van der Waals surface area contributed by atoms with Crippen molar-refractivity contribution >= 4 is 12.2 Å². The number of carbonyl (C=O) groups is 2. The Balaban J connectivity index is 3.01.